The van der Waals surface area contributed by atoms with Gasteiger partial charge in [0.25, 0.3) is 0 Å². The fraction of sp³-hybridized carbons (Fsp3) is 0.333. The van der Waals surface area contributed by atoms with Crippen LogP contribution < -0.4 is 10.1 Å². The van der Waals surface area contributed by atoms with E-state index in [1.807, 2.05) is 18.3 Å². The van der Waals surface area contributed by atoms with Crippen molar-refractivity contribution in [1.82, 2.24) is 10.3 Å². The van der Waals surface area contributed by atoms with Gasteiger partial charge in [-0.1, -0.05) is 24.3 Å². The van der Waals surface area contributed by atoms with Crippen molar-refractivity contribution in [3.8, 4) is 17.0 Å². The van der Waals surface area contributed by atoms with Crippen LogP contribution in [0, 0.1) is 6.92 Å². The van der Waals surface area contributed by atoms with Crippen molar-refractivity contribution in [2.24, 2.45) is 0 Å². The number of amides is 1. The van der Waals surface area contributed by atoms with E-state index in [4.69, 9.17) is 4.74 Å². The summed E-state index contributed by atoms with van der Waals surface area (Å²) in [4.78, 5) is 16.7. The molecule has 0 unspecified atom stereocenters. The van der Waals surface area contributed by atoms with E-state index in [0.29, 0.717) is 6.54 Å². The third-order valence-electron chi connectivity index (χ3n) is 4.92. The minimum Gasteiger partial charge on any atom is -0.487 e. The van der Waals surface area contributed by atoms with Crippen molar-refractivity contribution in [3.05, 3.63) is 59.3 Å². The van der Waals surface area contributed by atoms with Crippen LogP contribution in [0.1, 0.15) is 30.4 Å². The van der Waals surface area contributed by atoms with Crippen LogP contribution in [0.4, 0.5) is 0 Å². The minimum absolute atomic E-state index is 0.0221. The molecule has 1 amide bonds. The number of nitrogens with zero attached hydrogens (tertiary/aromatic N) is 1. The summed E-state index contributed by atoms with van der Waals surface area (Å²) < 4.78 is 6.19. The van der Waals surface area contributed by atoms with Gasteiger partial charge in [0.05, 0.1) is 12.2 Å². The number of carbonyl (C=O) groups is 1. The van der Waals surface area contributed by atoms with Crippen LogP contribution in [0.5, 0.6) is 5.75 Å². The molecule has 1 aliphatic carbocycles. The molecule has 0 radical (unpaired) electrons. The van der Waals surface area contributed by atoms with E-state index in [2.05, 4.69) is 41.5 Å². The zero-order valence-corrected chi connectivity index (χ0v) is 14.4. The Labute approximate surface area is 147 Å². The SMILES string of the molecule is Cc1cccnc1-c1cccc2c1O[C@H](CNC(=O)C1=CCCC1)C2. The molecule has 0 bridgehead atoms. The van der Waals surface area contributed by atoms with Gasteiger partial charge in [-0.3, -0.25) is 9.78 Å². The Bertz CT molecular complexity index is 842. The molecule has 4 heteroatoms. The minimum atomic E-state index is -0.0221. The topological polar surface area (TPSA) is 51.2 Å². The van der Waals surface area contributed by atoms with Gasteiger partial charge < -0.3 is 10.1 Å². The Kier molecular flexibility index (Phi) is 4.26. The second-order valence-corrected chi connectivity index (χ2v) is 6.74. The summed E-state index contributed by atoms with van der Waals surface area (Å²) in [5.74, 6) is 0.960. The number of para-hydroxylation sites is 1. The summed E-state index contributed by atoms with van der Waals surface area (Å²) in [6.45, 7) is 2.59. The maximum Gasteiger partial charge on any atom is 0.247 e. The summed E-state index contributed by atoms with van der Waals surface area (Å²) in [5, 5.41) is 3.02. The zero-order chi connectivity index (χ0) is 17.2. The Morgan fingerprint density at radius 1 is 1.32 bits per heavy atom. The Morgan fingerprint density at radius 2 is 2.24 bits per heavy atom. The Hall–Kier alpha value is -2.62. The number of ether oxygens (including phenoxy) is 1. The number of aromatic nitrogens is 1. The predicted molar refractivity (Wildman–Crippen MR) is 97.5 cm³/mol. The van der Waals surface area contributed by atoms with Gasteiger partial charge in [-0.25, -0.2) is 0 Å². The van der Waals surface area contributed by atoms with Crippen LogP contribution in [0.2, 0.25) is 0 Å². The number of aryl methyl sites for hydroxylation is 1. The highest BCUT2D eigenvalue weighted by atomic mass is 16.5. The maximum atomic E-state index is 12.2. The van der Waals surface area contributed by atoms with Gasteiger partial charge in [0.2, 0.25) is 5.91 Å². The van der Waals surface area contributed by atoms with Crippen LogP contribution in [0.15, 0.2) is 48.2 Å². The van der Waals surface area contributed by atoms with E-state index in [-0.39, 0.29) is 12.0 Å². The zero-order valence-electron chi connectivity index (χ0n) is 14.4. The lowest BCUT2D eigenvalue weighted by Crippen LogP contribution is -2.35. The van der Waals surface area contributed by atoms with E-state index >= 15 is 0 Å². The van der Waals surface area contributed by atoms with Crippen LogP contribution in [0.25, 0.3) is 11.3 Å². The highest BCUT2D eigenvalue weighted by Gasteiger charge is 2.27. The number of carbonyl (C=O) groups excluding carboxylic acids is 1. The molecule has 2 heterocycles. The molecule has 4 nitrogen and oxygen atoms in total. The lowest BCUT2D eigenvalue weighted by atomic mass is 10.0. The van der Waals surface area contributed by atoms with Crippen LogP contribution >= 0.6 is 0 Å². The first-order valence-electron chi connectivity index (χ1n) is 8.90. The largest absolute Gasteiger partial charge is 0.487 e. The Balaban J connectivity index is 1.48. The molecule has 0 fully saturated rings. The highest BCUT2D eigenvalue weighted by Crippen LogP contribution is 2.38. The summed E-state index contributed by atoms with van der Waals surface area (Å²) in [6.07, 6.45) is 7.63. The van der Waals surface area contributed by atoms with Crippen molar-refractivity contribution >= 4 is 5.91 Å². The molecule has 0 saturated heterocycles. The Morgan fingerprint density at radius 3 is 3.04 bits per heavy atom. The number of pyridine rings is 1. The molecule has 1 aromatic heterocycles. The smallest absolute Gasteiger partial charge is 0.247 e. The van der Waals surface area contributed by atoms with Gasteiger partial charge in [-0.2, -0.15) is 0 Å². The molecule has 1 atom stereocenters. The van der Waals surface area contributed by atoms with Crippen LogP contribution in [-0.4, -0.2) is 23.5 Å². The number of benzene rings is 1. The first-order valence-corrected chi connectivity index (χ1v) is 8.90. The van der Waals surface area contributed by atoms with Gasteiger partial charge in [-0.05, 0) is 49.4 Å². The lowest BCUT2D eigenvalue weighted by Gasteiger charge is -2.14. The molecular formula is C21H22N2O2. The molecular weight excluding hydrogens is 312 g/mol. The summed E-state index contributed by atoms with van der Waals surface area (Å²) in [5.41, 5.74) is 5.22. The average molecular weight is 334 g/mol. The molecule has 0 spiro atoms. The van der Waals surface area contributed by atoms with E-state index in [9.17, 15) is 4.79 Å². The fourth-order valence-corrected chi connectivity index (χ4v) is 3.60. The number of hydrogen-bond donors (Lipinski definition) is 1. The number of fused-ring (bicyclic) bond motifs is 1. The number of allylic oxidation sites excluding steroid dienone is 1. The molecule has 25 heavy (non-hydrogen) atoms. The summed E-state index contributed by atoms with van der Waals surface area (Å²) in [7, 11) is 0. The van der Waals surface area contributed by atoms with E-state index < -0.39 is 0 Å². The third kappa shape index (κ3) is 3.16. The normalized spacial score (nSPS) is 18.4. The lowest BCUT2D eigenvalue weighted by molar-refractivity contribution is -0.117. The average Bonchev–Trinajstić information content (AvgIpc) is 3.29. The van der Waals surface area contributed by atoms with Crippen LogP contribution in [0.3, 0.4) is 0 Å². The van der Waals surface area contributed by atoms with Crippen molar-refractivity contribution < 1.29 is 9.53 Å². The summed E-state index contributed by atoms with van der Waals surface area (Å²) in [6, 6.07) is 10.2. The quantitative estimate of drug-likeness (QED) is 0.930. The second kappa shape index (κ2) is 6.71. The van der Waals surface area contributed by atoms with Crippen molar-refractivity contribution in [1.29, 1.82) is 0 Å². The van der Waals surface area contributed by atoms with Crippen molar-refractivity contribution in [2.75, 3.05) is 6.54 Å². The molecule has 2 aliphatic rings. The van der Waals surface area contributed by atoms with Gasteiger partial charge in [0.15, 0.2) is 0 Å². The molecule has 0 saturated carbocycles. The van der Waals surface area contributed by atoms with Gasteiger partial charge in [0.1, 0.15) is 11.9 Å². The van der Waals surface area contributed by atoms with Gasteiger partial charge >= 0.3 is 0 Å². The van der Waals surface area contributed by atoms with Gasteiger partial charge in [-0.15, -0.1) is 0 Å². The molecule has 1 aliphatic heterocycles. The molecule has 2 aromatic rings. The monoisotopic (exact) mass is 334 g/mol. The van der Waals surface area contributed by atoms with Gasteiger partial charge in [0, 0.05) is 23.8 Å². The maximum absolute atomic E-state index is 12.2. The molecule has 1 N–H and O–H groups in total. The molecule has 128 valence electrons. The van der Waals surface area contributed by atoms with E-state index in [0.717, 1.165) is 53.8 Å². The number of rotatable bonds is 4. The first-order chi connectivity index (χ1) is 12.2. The van der Waals surface area contributed by atoms with E-state index in [1.54, 1.807) is 0 Å². The number of hydrogen-bond acceptors (Lipinski definition) is 3. The summed E-state index contributed by atoms with van der Waals surface area (Å²) >= 11 is 0. The highest BCUT2D eigenvalue weighted by molar-refractivity contribution is 5.93. The number of nitrogens with one attached hydrogen (secondary N) is 1. The standard InChI is InChI=1S/C21H22N2O2/c1-14-6-5-11-22-19(14)18-10-4-9-16-12-17(25-20(16)18)13-23-21(24)15-7-2-3-8-15/h4-7,9-11,17H,2-3,8,12-13H2,1H3,(H,23,24)/t17-/m0/s1. The predicted octanol–water partition coefficient (Wildman–Crippen LogP) is 3.59. The molecule has 4 rings (SSSR count). The molecule has 1 aromatic carbocycles. The second-order valence-electron chi connectivity index (χ2n) is 6.74. The van der Waals surface area contributed by atoms with Crippen LogP contribution in [-0.2, 0) is 11.2 Å². The first kappa shape index (κ1) is 15.9. The van der Waals surface area contributed by atoms with E-state index in [1.165, 1.54) is 5.56 Å². The third-order valence-corrected chi connectivity index (χ3v) is 4.92. The van der Waals surface area contributed by atoms with Crippen molar-refractivity contribution in [2.45, 2.75) is 38.7 Å². The fourth-order valence-electron chi connectivity index (χ4n) is 3.60. The van der Waals surface area contributed by atoms with Crippen molar-refractivity contribution in [3.63, 3.8) is 0 Å².